The van der Waals surface area contributed by atoms with E-state index in [1.165, 1.54) is 12.0 Å². The van der Waals surface area contributed by atoms with Crippen molar-refractivity contribution in [3.63, 3.8) is 0 Å². The Morgan fingerprint density at radius 3 is 2.48 bits per heavy atom. The lowest BCUT2D eigenvalue weighted by Crippen LogP contribution is -2.35. The molecule has 1 fully saturated rings. The minimum Gasteiger partial charge on any atom is -0.507 e. The fourth-order valence-corrected chi connectivity index (χ4v) is 3.26. The number of β-amino-alcohol motifs (C(OH)–C–C–N with tert-alkyl or cyclic N) is 1. The summed E-state index contributed by atoms with van der Waals surface area (Å²) in [5.41, 5.74) is 1.06. The molecule has 6 heteroatoms. The number of carbonyl (C=O) groups excluding carboxylic acids is 2. The van der Waals surface area contributed by atoms with Gasteiger partial charge < -0.3 is 19.8 Å². The summed E-state index contributed by atoms with van der Waals surface area (Å²) in [6, 6.07) is 14.8. The third kappa shape index (κ3) is 3.57. The van der Waals surface area contributed by atoms with Crippen LogP contribution >= 0.6 is 0 Å². The smallest absolute Gasteiger partial charge is 0.295 e. The van der Waals surface area contributed by atoms with E-state index in [-0.39, 0.29) is 17.9 Å². The molecular weight excluding hydrogens is 346 g/mol. The number of Topliss-reactive ketones (excluding diaryl/α,β-unsaturated/α-hetero) is 1. The first-order chi connectivity index (χ1) is 12.9. The molecule has 1 aliphatic heterocycles. The predicted octanol–water partition coefficient (Wildman–Crippen LogP) is 2.50. The van der Waals surface area contributed by atoms with Crippen molar-refractivity contribution in [3.8, 4) is 5.75 Å². The number of carbonyl (C=O) groups is 2. The molecule has 1 aliphatic rings. The molecule has 27 heavy (non-hydrogen) atoms. The van der Waals surface area contributed by atoms with Crippen LogP contribution in [0.15, 0.2) is 60.2 Å². The van der Waals surface area contributed by atoms with E-state index in [9.17, 15) is 19.8 Å². The molecule has 2 aromatic rings. The van der Waals surface area contributed by atoms with E-state index in [0.29, 0.717) is 16.9 Å². The second kappa shape index (κ2) is 7.63. The van der Waals surface area contributed by atoms with E-state index in [0.717, 1.165) is 0 Å². The van der Waals surface area contributed by atoms with Crippen LogP contribution in [0, 0.1) is 0 Å². The van der Waals surface area contributed by atoms with Crippen molar-refractivity contribution < 1.29 is 24.5 Å². The molecule has 2 N–H and O–H groups in total. The first-order valence-electron chi connectivity index (χ1n) is 8.60. The number of amides is 1. The van der Waals surface area contributed by atoms with Gasteiger partial charge in [-0.25, -0.2) is 0 Å². The lowest BCUT2D eigenvalue weighted by Gasteiger charge is -2.26. The van der Waals surface area contributed by atoms with E-state index in [1.54, 1.807) is 61.5 Å². The topological polar surface area (TPSA) is 87.1 Å². The maximum atomic E-state index is 12.7. The van der Waals surface area contributed by atoms with Gasteiger partial charge in [0.15, 0.2) is 0 Å². The number of methoxy groups -OCH3 is 1. The summed E-state index contributed by atoms with van der Waals surface area (Å²) >= 11 is 0. The number of aliphatic hydroxyl groups is 2. The molecule has 0 aliphatic carbocycles. The highest BCUT2D eigenvalue weighted by Gasteiger charge is 2.46. The molecule has 1 heterocycles. The van der Waals surface area contributed by atoms with Gasteiger partial charge in [0.25, 0.3) is 11.7 Å². The Kier molecular flexibility index (Phi) is 5.28. The largest absolute Gasteiger partial charge is 0.507 e. The van der Waals surface area contributed by atoms with Gasteiger partial charge in [-0.3, -0.25) is 9.59 Å². The molecule has 6 nitrogen and oxygen atoms in total. The Morgan fingerprint density at radius 2 is 1.85 bits per heavy atom. The number of aliphatic hydroxyl groups excluding tert-OH is 2. The Bertz CT molecular complexity index is 888. The van der Waals surface area contributed by atoms with Crippen molar-refractivity contribution in [1.82, 2.24) is 4.90 Å². The molecule has 3 rings (SSSR count). The zero-order valence-corrected chi connectivity index (χ0v) is 15.1. The number of likely N-dealkylation sites (tertiary alicyclic amines) is 1. The first kappa shape index (κ1) is 18.7. The lowest BCUT2D eigenvalue weighted by molar-refractivity contribution is -0.140. The van der Waals surface area contributed by atoms with Crippen LogP contribution in [0.5, 0.6) is 5.75 Å². The maximum absolute atomic E-state index is 12.7. The molecule has 2 aromatic carbocycles. The third-order valence-electron chi connectivity index (χ3n) is 4.46. The number of ketones is 1. The summed E-state index contributed by atoms with van der Waals surface area (Å²) in [4.78, 5) is 26.6. The minimum atomic E-state index is -0.826. The van der Waals surface area contributed by atoms with E-state index >= 15 is 0 Å². The maximum Gasteiger partial charge on any atom is 0.295 e. The molecule has 2 atom stereocenters. The van der Waals surface area contributed by atoms with Gasteiger partial charge in [-0.15, -0.1) is 0 Å². The minimum absolute atomic E-state index is 0.0000954. The van der Waals surface area contributed by atoms with Crippen LogP contribution in [0.2, 0.25) is 0 Å². The van der Waals surface area contributed by atoms with Crippen molar-refractivity contribution in [2.45, 2.75) is 19.1 Å². The molecule has 0 aromatic heterocycles. The van der Waals surface area contributed by atoms with Gasteiger partial charge in [0.1, 0.15) is 11.5 Å². The van der Waals surface area contributed by atoms with Crippen LogP contribution in [0.4, 0.5) is 0 Å². The van der Waals surface area contributed by atoms with E-state index in [1.807, 2.05) is 0 Å². The average Bonchev–Trinajstić information content (AvgIpc) is 2.92. The van der Waals surface area contributed by atoms with Crippen LogP contribution in [-0.2, 0) is 9.59 Å². The Morgan fingerprint density at radius 1 is 1.15 bits per heavy atom. The first-order valence-corrected chi connectivity index (χ1v) is 8.60. The van der Waals surface area contributed by atoms with Gasteiger partial charge in [0, 0.05) is 12.1 Å². The number of ether oxygens (including phenoxy) is 1. The van der Waals surface area contributed by atoms with E-state index in [4.69, 9.17) is 4.74 Å². The summed E-state index contributed by atoms with van der Waals surface area (Å²) in [7, 11) is 1.52. The molecule has 0 spiro atoms. The fraction of sp³-hybridized carbons (Fsp3) is 0.238. The lowest BCUT2D eigenvalue weighted by atomic mass is 9.95. The van der Waals surface area contributed by atoms with Crippen LogP contribution in [0.25, 0.3) is 5.76 Å². The zero-order valence-electron chi connectivity index (χ0n) is 15.1. The van der Waals surface area contributed by atoms with Crippen LogP contribution in [0.1, 0.15) is 24.1 Å². The molecule has 0 radical (unpaired) electrons. The molecule has 2 unspecified atom stereocenters. The van der Waals surface area contributed by atoms with Gasteiger partial charge in [0.05, 0.1) is 24.8 Å². The monoisotopic (exact) mass is 367 g/mol. The highest BCUT2D eigenvalue weighted by molar-refractivity contribution is 6.46. The summed E-state index contributed by atoms with van der Waals surface area (Å²) in [5.74, 6) is -1.20. The second-order valence-electron chi connectivity index (χ2n) is 6.44. The predicted molar refractivity (Wildman–Crippen MR) is 100 cm³/mol. The van der Waals surface area contributed by atoms with Crippen molar-refractivity contribution >= 4 is 17.4 Å². The number of nitrogens with zero attached hydrogens (tertiary/aromatic N) is 1. The van der Waals surface area contributed by atoms with Gasteiger partial charge in [-0.05, 0) is 24.6 Å². The normalized spacial score (nSPS) is 20.0. The summed E-state index contributed by atoms with van der Waals surface area (Å²) in [6.45, 7) is 1.51. The number of rotatable bonds is 5. The summed E-state index contributed by atoms with van der Waals surface area (Å²) < 4.78 is 5.25. The average molecular weight is 367 g/mol. The summed E-state index contributed by atoms with van der Waals surface area (Å²) in [5, 5.41) is 20.6. The molecule has 1 saturated heterocycles. The van der Waals surface area contributed by atoms with Crippen molar-refractivity contribution in [2.24, 2.45) is 0 Å². The number of hydrogen-bond acceptors (Lipinski definition) is 5. The third-order valence-corrected chi connectivity index (χ3v) is 4.46. The Hall–Kier alpha value is -3.12. The molecule has 140 valence electrons. The summed E-state index contributed by atoms with van der Waals surface area (Å²) in [6.07, 6.45) is -0.826. The van der Waals surface area contributed by atoms with Gasteiger partial charge in [0.2, 0.25) is 0 Å². The molecule has 0 bridgehead atoms. The van der Waals surface area contributed by atoms with Gasteiger partial charge in [-0.1, -0.05) is 42.5 Å². The molecule has 0 saturated carbocycles. The number of hydrogen-bond donors (Lipinski definition) is 2. The van der Waals surface area contributed by atoms with Gasteiger partial charge in [-0.2, -0.15) is 0 Å². The van der Waals surface area contributed by atoms with E-state index < -0.39 is 23.8 Å². The van der Waals surface area contributed by atoms with Crippen molar-refractivity contribution in [2.75, 3.05) is 13.7 Å². The fourth-order valence-electron chi connectivity index (χ4n) is 3.26. The zero-order chi connectivity index (χ0) is 19.6. The van der Waals surface area contributed by atoms with Gasteiger partial charge >= 0.3 is 0 Å². The quantitative estimate of drug-likeness (QED) is 0.482. The highest BCUT2D eigenvalue weighted by Crippen LogP contribution is 2.40. The second-order valence-corrected chi connectivity index (χ2v) is 6.44. The Labute approximate surface area is 157 Å². The molecular formula is C21H21NO5. The van der Waals surface area contributed by atoms with E-state index in [2.05, 4.69) is 0 Å². The van der Waals surface area contributed by atoms with Crippen molar-refractivity contribution in [1.29, 1.82) is 0 Å². The van der Waals surface area contributed by atoms with Crippen LogP contribution in [0.3, 0.4) is 0 Å². The van der Waals surface area contributed by atoms with Crippen LogP contribution in [-0.4, -0.2) is 46.6 Å². The van der Waals surface area contributed by atoms with Crippen LogP contribution < -0.4 is 4.74 Å². The number of benzene rings is 2. The SMILES string of the molecule is COc1cccc(C2C(=C(O)c3ccccc3)C(=O)C(=O)N2CC(C)O)c1. The highest BCUT2D eigenvalue weighted by atomic mass is 16.5. The molecule has 1 amide bonds. The Balaban J connectivity index is 2.19. The standard InChI is InChI=1S/C21H21NO5/c1-13(23)12-22-18(15-9-6-10-16(11-15)27-2)17(20(25)21(22)26)19(24)14-7-4-3-5-8-14/h3-11,13,18,23-24H,12H2,1-2H3. The van der Waals surface area contributed by atoms with Crippen molar-refractivity contribution in [3.05, 3.63) is 71.3 Å².